The van der Waals surface area contributed by atoms with Gasteiger partial charge in [-0.2, -0.15) is 0 Å². The molecule has 1 aromatic carbocycles. The summed E-state index contributed by atoms with van der Waals surface area (Å²) in [6, 6.07) is 8.66. The third kappa shape index (κ3) is 3.65. The molecule has 86 valence electrons. The van der Waals surface area contributed by atoms with E-state index in [1.54, 1.807) is 13.0 Å². The van der Waals surface area contributed by atoms with Crippen molar-refractivity contribution < 1.29 is 4.79 Å². The van der Waals surface area contributed by atoms with Gasteiger partial charge >= 0.3 is 0 Å². The summed E-state index contributed by atoms with van der Waals surface area (Å²) in [5.41, 5.74) is 2.64. The van der Waals surface area contributed by atoms with E-state index in [1.165, 1.54) is 11.1 Å². The zero-order valence-corrected chi connectivity index (χ0v) is 10.4. The van der Waals surface area contributed by atoms with Gasteiger partial charge in [0.15, 0.2) is 5.78 Å². The van der Waals surface area contributed by atoms with Crippen molar-refractivity contribution in [2.75, 3.05) is 0 Å². The van der Waals surface area contributed by atoms with E-state index in [2.05, 4.69) is 38.1 Å². The minimum absolute atomic E-state index is 0.114. The second-order valence-electron chi connectivity index (χ2n) is 4.08. The Morgan fingerprint density at radius 3 is 2.31 bits per heavy atom. The molecule has 0 amide bonds. The van der Waals surface area contributed by atoms with E-state index >= 15 is 0 Å². The molecule has 0 aliphatic rings. The summed E-state index contributed by atoms with van der Waals surface area (Å²) in [5, 5.41) is 0. The minimum atomic E-state index is 0.114. The summed E-state index contributed by atoms with van der Waals surface area (Å²) < 4.78 is 0. The molecule has 0 saturated carbocycles. The van der Waals surface area contributed by atoms with E-state index in [0.717, 1.165) is 12.8 Å². The van der Waals surface area contributed by atoms with Crippen molar-refractivity contribution in [3.05, 3.63) is 47.5 Å². The topological polar surface area (TPSA) is 17.1 Å². The SMILES string of the molecule is CCc1ccc(C(C=CC(C)=O)CC)cc1. The quantitative estimate of drug-likeness (QED) is 0.682. The van der Waals surface area contributed by atoms with Crippen molar-refractivity contribution in [1.29, 1.82) is 0 Å². The molecule has 1 nitrogen and oxygen atoms in total. The van der Waals surface area contributed by atoms with Crippen molar-refractivity contribution in [1.82, 2.24) is 0 Å². The van der Waals surface area contributed by atoms with Crippen molar-refractivity contribution in [3.63, 3.8) is 0 Å². The Labute approximate surface area is 98.2 Å². The Balaban J connectivity index is 2.82. The monoisotopic (exact) mass is 216 g/mol. The first-order valence-electron chi connectivity index (χ1n) is 5.95. The van der Waals surface area contributed by atoms with Crippen LogP contribution in [0.4, 0.5) is 0 Å². The van der Waals surface area contributed by atoms with E-state index in [-0.39, 0.29) is 5.78 Å². The first-order chi connectivity index (χ1) is 7.67. The molecule has 0 heterocycles. The summed E-state index contributed by atoms with van der Waals surface area (Å²) in [4.78, 5) is 10.9. The summed E-state index contributed by atoms with van der Waals surface area (Å²) in [6.07, 6.45) is 5.76. The second-order valence-corrected chi connectivity index (χ2v) is 4.08. The molecule has 0 aliphatic heterocycles. The van der Waals surface area contributed by atoms with Gasteiger partial charge < -0.3 is 0 Å². The number of carbonyl (C=O) groups excluding carboxylic acids is 1. The molecular weight excluding hydrogens is 196 g/mol. The fourth-order valence-corrected chi connectivity index (χ4v) is 1.74. The van der Waals surface area contributed by atoms with E-state index in [4.69, 9.17) is 0 Å². The number of allylic oxidation sites excluding steroid dienone is 2. The van der Waals surface area contributed by atoms with Crippen LogP contribution >= 0.6 is 0 Å². The standard InChI is InChI=1S/C15H20O/c1-4-13-7-10-15(11-8-13)14(5-2)9-6-12(3)16/h6-11,14H,4-5H2,1-3H3. The average molecular weight is 216 g/mol. The molecule has 0 radical (unpaired) electrons. The maximum absolute atomic E-state index is 10.9. The van der Waals surface area contributed by atoms with Crippen molar-refractivity contribution in [2.24, 2.45) is 0 Å². The van der Waals surface area contributed by atoms with Crippen LogP contribution in [0.2, 0.25) is 0 Å². The predicted octanol–water partition coefficient (Wildman–Crippen LogP) is 3.89. The second kappa shape index (κ2) is 6.26. The van der Waals surface area contributed by atoms with E-state index in [9.17, 15) is 4.79 Å². The first kappa shape index (κ1) is 12.7. The van der Waals surface area contributed by atoms with Crippen molar-refractivity contribution >= 4 is 5.78 Å². The maximum atomic E-state index is 10.9. The van der Waals surface area contributed by atoms with Crippen molar-refractivity contribution in [2.45, 2.75) is 39.5 Å². The average Bonchev–Trinajstić information content (AvgIpc) is 2.30. The van der Waals surface area contributed by atoms with Crippen LogP contribution in [0.25, 0.3) is 0 Å². The molecule has 0 fully saturated rings. The smallest absolute Gasteiger partial charge is 0.152 e. The van der Waals surface area contributed by atoms with Gasteiger partial charge in [0.1, 0.15) is 0 Å². The lowest BCUT2D eigenvalue weighted by atomic mass is 9.94. The summed E-state index contributed by atoms with van der Waals surface area (Å²) >= 11 is 0. The molecule has 1 heteroatoms. The number of carbonyl (C=O) groups is 1. The van der Waals surface area contributed by atoms with Crippen LogP contribution in [0.3, 0.4) is 0 Å². The molecule has 0 N–H and O–H groups in total. The van der Waals surface area contributed by atoms with Gasteiger partial charge in [0.05, 0.1) is 0 Å². The van der Waals surface area contributed by atoms with Crippen LogP contribution in [0, 0.1) is 0 Å². The minimum Gasteiger partial charge on any atom is -0.295 e. The molecule has 1 aromatic rings. The Kier molecular flexibility index (Phi) is 4.97. The largest absolute Gasteiger partial charge is 0.295 e. The van der Waals surface area contributed by atoms with Gasteiger partial charge in [0, 0.05) is 5.92 Å². The van der Waals surface area contributed by atoms with E-state index < -0.39 is 0 Å². The lowest BCUT2D eigenvalue weighted by molar-refractivity contribution is -0.112. The number of rotatable bonds is 5. The highest BCUT2D eigenvalue weighted by atomic mass is 16.1. The van der Waals surface area contributed by atoms with Gasteiger partial charge in [-0.15, -0.1) is 0 Å². The molecule has 1 atom stereocenters. The van der Waals surface area contributed by atoms with Crippen LogP contribution in [0.5, 0.6) is 0 Å². The third-order valence-corrected chi connectivity index (χ3v) is 2.82. The molecule has 0 aromatic heterocycles. The van der Waals surface area contributed by atoms with Crippen molar-refractivity contribution in [3.8, 4) is 0 Å². The fourth-order valence-electron chi connectivity index (χ4n) is 1.74. The predicted molar refractivity (Wildman–Crippen MR) is 68.7 cm³/mol. The van der Waals surface area contributed by atoms with Crippen LogP contribution < -0.4 is 0 Å². The molecule has 1 unspecified atom stereocenters. The Hall–Kier alpha value is -1.37. The zero-order valence-electron chi connectivity index (χ0n) is 10.4. The molecule has 16 heavy (non-hydrogen) atoms. The first-order valence-corrected chi connectivity index (χ1v) is 5.95. The van der Waals surface area contributed by atoms with Crippen LogP contribution in [-0.2, 0) is 11.2 Å². The van der Waals surface area contributed by atoms with Gasteiger partial charge in [-0.05, 0) is 37.0 Å². The van der Waals surface area contributed by atoms with Gasteiger partial charge in [-0.25, -0.2) is 0 Å². The molecule has 0 spiro atoms. The highest BCUT2D eigenvalue weighted by Crippen LogP contribution is 2.21. The summed E-state index contributed by atoms with van der Waals surface area (Å²) in [7, 11) is 0. The fraction of sp³-hybridized carbons (Fsp3) is 0.400. The van der Waals surface area contributed by atoms with E-state index in [0.29, 0.717) is 5.92 Å². The number of ketones is 1. The van der Waals surface area contributed by atoms with Crippen LogP contribution in [-0.4, -0.2) is 5.78 Å². The number of hydrogen-bond acceptors (Lipinski definition) is 1. The van der Waals surface area contributed by atoms with Gasteiger partial charge in [0.25, 0.3) is 0 Å². The number of hydrogen-bond donors (Lipinski definition) is 0. The summed E-state index contributed by atoms with van der Waals surface area (Å²) in [6.45, 7) is 5.88. The Morgan fingerprint density at radius 2 is 1.88 bits per heavy atom. The van der Waals surface area contributed by atoms with Crippen LogP contribution in [0.1, 0.15) is 44.2 Å². The van der Waals surface area contributed by atoms with Gasteiger partial charge in [-0.1, -0.05) is 44.2 Å². The molecule has 0 aliphatic carbocycles. The Bertz CT molecular complexity index is 360. The molecule has 0 saturated heterocycles. The molecular formula is C15H20O. The number of aryl methyl sites for hydroxylation is 1. The lowest BCUT2D eigenvalue weighted by Crippen LogP contribution is -1.95. The molecule has 1 rings (SSSR count). The third-order valence-electron chi connectivity index (χ3n) is 2.82. The Morgan fingerprint density at radius 1 is 1.25 bits per heavy atom. The van der Waals surface area contributed by atoms with Crippen LogP contribution in [0.15, 0.2) is 36.4 Å². The highest BCUT2D eigenvalue weighted by molar-refractivity contribution is 5.87. The highest BCUT2D eigenvalue weighted by Gasteiger charge is 2.05. The lowest BCUT2D eigenvalue weighted by Gasteiger charge is -2.10. The normalized spacial score (nSPS) is 12.9. The zero-order chi connectivity index (χ0) is 12.0. The van der Waals surface area contributed by atoms with E-state index in [1.807, 2.05) is 6.08 Å². The van der Waals surface area contributed by atoms with Gasteiger partial charge in [-0.3, -0.25) is 4.79 Å². The molecule has 0 bridgehead atoms. The van der Waals surface area contributed by atoms with Gasteiger partial charge in [0.2, 0.25) is 0 Å². The number of benzene rings is 1. The maximum Gasteiger partial charge on any atom is 0.152 e. The summed E-state index contributed by atoms with van der Waals surface area (Å²) in [5.74, 6) is 0.471.